The molecule has 2 nitrogen and oxygen atoms in total. The van der Waals surface area contributed by atoms with E-state index in [0.29, 0.717) is 5.75 Å². The van der Waals surface area contributed by atoms with Crippen molar-refractivity contribution in [1.29, 1.82) is 0 Å². The first-order valence-electron chi connectivity index (χ1n) is 4.48. The molecule has 16 heavy (non-hydrogen) atoms. The summed E-state index contributed by atoms with van der Waals surface area (Å²) in [7, 11) is 0. The Balaban J connectivity index is 0.000000318. The largest absolute Gasteiger partial charge is 2.00 e. The standard InChI is InChI=1S/C7H6ClO2.C5H5.Fe/c8-7(9)5-10-6-3-1-2-4-6;1-2-4-5-3-1;/h1-4H,5H2;1-5H;/q2*-1;+2. The summed E-state index contributed by atoms with van der Waals surface area (Å²) < 4.78 is 4.93. The summed E-state index contributed by atoms with van der Waals surface area (Å²) >= 11 is 5.03. The van der Waals surface area contributed by atoms with Crippen LogP contribution in [0.4, 0.5) is 0 Å². The number of rotatable bonds is 3. The average molecular weight is 279 g/mol. The van der Waals surface area contributed by atoms with Crippen LogP contribution in [0.5, 0.6) is 5.75 Å². The fourth-order valence-corrected chi connectivity index (χ4v) is 0.968. The number of ether oxygens (including phenoxy) is 1. The van der Waals surface area contributed by atoms with Gasteiger partial charge in [-0.15, -0.1) is 6.07 Å². The third kappa shape index (κ3) is 7.29. The Morgan fingerprint density at radius 3 is 2.31 bits per heavy atom. The van der Waals surface area contributed by atoms with Crippen molar-refractivity contribution in [2.45, 2.75) is 0 Å². The maximum Gasteiger partial charge on any atom is 2.00 e. The van der Waals surface area contributed by atoms with Gasteiger partial charge in [-0.25, -0.2) is 12.1 Å². The van der Waals surface area contributed by atoms with Gasteiger partial charge in [0.15, 0.2) is 0 Å². The van der Waals surface area contributed by atoms with Crippen molar-refractivity contribution in [3.05, 3.63) is 54.6 Å². The van der Waals surface area contributed by atoms with Gasteiger partial charge in [-0.1, -0.05) is 0 Å². The van der Waals surface area contributed by atoms with Gasteiger partial charge in [0.2, 0.25) is 0 Å². The summed E-state index contributed by atoms with van der Waals surface area (Å²) in [5.41, 5.74) is 0. The summed E-state index contributed by atoms with van der Waals surface area (Å²) in [4.78, 5) is 10.2. The fraction of sp³-hybridized carbons (Fsp3) is 0.0833. The normalized spacial score (nSPS) is 8.31. The Morgan fingerprint density at radius 2 is 1.94 bits per heavy atom. The molecule has 0 radical (unpaired) electrons. The van der Waals surface area contributed by atoms with Crippen LogP contribution in [0.2, 0.25) is 0 Å². The van der Waals surface area contributed by atoms with Gasteiger partial charge >= 0.3 is 17.1 Å². The van der Waals surface area contributed by atoms with Gasteiger partial charge in [0.05, 0.1) is 0 Å². The fourth-order valence-electron chi connectivity index (χ4n) is 0.913. The molecule has 2 aromatic carbocycles. The van der Waals surface area contributed by atoms with E-state index in [1.165, 1.54) is 0 Å². The molecule has 0 aliphatic carbocycles. The van der Waals surface area contributed by atoms with E-state index in [2.05, 4.69) is 0 Å². The maximum atomic E-state index is 10.2. The monoisotopic (exact) mass is 278 g/mol. The molecule has 0 saturated carbocycles. The molecule has 0 aliphatic rings. The Bertz CT molecular complexity index is 337. The molecule has 0 amide bonds. The Morgan fingerprint density at radius 1 is 1.25 bits per heavy atom. The van der Waals surface area contributed by atoms with Gasteiger partial charge in [0.1, 0.15) is 6.61 Å². The number of carbonyl (C=O) groups excluding carboxylic acids is 1. The number of halogens is 1. The van der Waals surface area contributed by atoms with Crippen molar-refractivity contribution in [3.8, 4) is 5.75 Å². The number of hydrogen-bond acceptors (Lipinski definition) is 2. The van der Waals surface area contributed by atoms with Crippen LogP contribution >= 0.6 is 11.6 Å². The van der Waals surface area contributed by atoms with Crippen molar-refractivity contribution < 1.29 is 26.6 Å². The van der Waals surface area contributed by atoms with E-state index in [4.69, 9.17) is 16.3 Å². The molecule has 0 bridgehead atoms. The Kier molecular flexibility index (Phi) is 8.63. The molecule has 2 rings (SSSR count). The second-order valence-electron chi connectivity index (χ2n) is 2.73. The molecular weight excluding hydrogens is 267 g/mol. The van der Waals surface area contributed by atoms with E-state index in [9.17, 15) is 4.79 Å². The van der Waals surface area contributed by atoms with Crippen LogP contribution in [0.1, 0.15) is 0 Å². The summed E-state index contributed by atoms with van der Waals surface area (Å²) in [6, 6.07) is 17.2. The van der Waals surface area contributed by atoms with Gasteiger partial charge in [0.25, 0.3) is 5.24 Å². The van der Waals surface area contributed by atoms with Crippen LogP contribution in [0, 0.1) is 0 Å². The van der Waals surface area contributed by atoms with Crippen LogP contribution in [-0.4, -0.2) is 11.8 Å². The summed E-state index contributed by atoms with van der Waals surface area (Å²) in [6.07, 6.45) is 0. The van der Waals surface area contributed by atoms with E-state index in [-0.39, 0.29) is 23.7 Å². The van der Waals surface area contributed by atoms with Crippen LogP contribution < -0.4 is 4.74 Å². The molecule has 0 spiro atoms. The first kappa shape index (κ1) is 15.0. The van der Waals surface area contributed by atoms with Crippen molar-refractivity contribution in [2.75, 3.05) is 6.61 Å². The van der Waals surface area contributed by atoms with E-state index < -0.39 is 5.24 Å². The Labute approximate surface area is 110 Å². The molecule has 0 unspecified atom stereocenters. The van der Waals surface area contributed by atoms with Crippen LogP contribution in [-0.2, 0) is 21.9 Å². The van der Waals surface area contributed by atoms with Gasteiger partial charge in [-0.05, 0) is 17.4 Å². The molecule has 0 N–H and O–H groups in total. The van der Waals surface area contributed by atoms with Crippen molar-refractivity contribution >= 4 is 16.8 Å². The molecule has 0 heterocycles. The quantitative estimate of drug-likeness (QED) is 0.490. The SMILES string of the molecule is O=C(Cl)COc1cc[cH-]c1.[Fe+2].c1cc[cH-]c1. The Hall–Kier alpha value is -1.02. The van der Waals surface area contributed by atoms with Crippen molar-refractivity contribution in [2.24, 2.45) is 0 Å². The van der Waals surface area contributed by atoms with Gasteiger partial charge in [-0.3, -0.25) is 4.79 Å². The second-order valence-corrected chi connectivity index (χ2v) is 3.15. The van der Waals surface area contributed by atoms with Gasteiger partial charge in [0, 0.05) is 0 Å². The molecule has 0 aromatic heterocycles. The molecule has 2 aromatic rings. The molecule has 4 heteroatoms. The molecular formula is C12H11ClFeO2. The number of carbonyl (C=O) groups is 1. The maximum absolute atomic E-state index is 10.2. The third-order valence-corrected chi connectivity index (χ3v) is 1.65. The van der Waals surface area contributed by atoms with Gasteiger partial charge < -0.3 is 4.74 Å². The van der Waals surface area contributed by atoms with E-state index in [0.717, 1.165) is 0 Å². The van der Waals surface area contributed by atoms with Crippen molar-refractivity contribution in [3.63, 3.8) is 0 Å². The van der Waals surface area contributed by atoms with E-state index in [1.54, 1.807) is 12.1 Å². The van der Waals surface area contributed by atoms with Crippen LogP contribution in [0.15, 0.2) is 54.6 Å². The van der Waals surface area contributed by atoms with Crippen LogP contribution in [0.25, 0.3) is 0 Å². The predicted molar refractivity (Wildman–Crippen MR) is 60.4 cm³/mol. The predicted octanol–water partition coefficient (Wildman–Crippen LogP) is 2.95. The minimum atomic E-state index is -0.485. The zero-order valence-corrected chi connectivity index (χ0v) is 10.3. The first-order valence-corrected chi connectivity index (χ1v) is 4.86. The molecule has 86 valence electrons. The second kappa shape index (κ2) is 9.22. The van der Waals surface area contributed by atoms with Gasteiger partial charge in [-0.2, -0.15) is 36.4 Å². The average Bonchev–Trinajstić information content (AvgIpc) is 2.91. The van der Waals surface area contributed by atoms with Crippen LogP contribution in [0.3, 0.4) is 0 Å². The van der Waals surface area contributed by atoms with E-state index >= 15 is 0 Å². The smallest absolute Gasteiger partial charge is 0.554 e. The number of hydrogen-bond donors (Lipinski definition) is 0. The molecule has 0 fully saturated rings. The first-order chi connectivity index (χ1) is 7.29. The topological polar surface area (TPSA) is 26.3 Å². The summed E-state index contributed by atoms with van der Waals surface area (Å²) in [6.45, 7) is -0.0639. The molecule has 0 saturated heterocycles. The minimum absolute atomic E-state index is 0. The summed E-state index contributed by atoms with van der Waals surface area (Å²) in [5.74, 6) is 0.675. The zero-order valence-electron chi connectivity index (χ0n) is 8.45. The zero-order chi connectivity index (χ0) is 10.9. The molecule has 0 atom stereocenters. The van der Waals surface area contributed by atoms with Crippen molar-refractivity contribution in [1.82, 2.24) is 0 Å². The van der Waals surface area contributed by atoms with E-state index in [1.807, 2.05) is 42.5 Å². The summed E-state index contributed by atoms with van der Waals surface area (Å²) in [5, 5.41) is -0.485. The minimum Gasteiger partial charge on any atom is -0.554 e. The third-order valence-electron chi connectivity index (χ3n) is 1.54. The molecule has 0 aliphatic heterocycles.